The van der Waals surface area contributed by atoms with Gasteiger partial charge in [0.2, 0.25) is 5.56 Å². The van der Waals surface area contributed by atoms with E-state index in [1.54, 1.807) is 0 Å². The van der Waals surface area contributed by atoms with E-state index in [9.17, 15) is 18.4 Å². The van der Waals surface area contributed by atoms with Crippen LogP contribution in [0.1, 0.15) is 12.2 Å². The number of alkyl halides is 2. The van der Waals surface area contributed by atoms with Gasteiger partial charge in [-0.3, -0.25) is 9.36 Å². The van der Waals surface area contributed by atoms with Crippen molar-refractivity contribution in [2.75, 3.05) is 0 Å². The monoisotopic (exact) mass is 469 g/mol. The first-order valence-corrected chi connectivity index (χ1v) is 5.60. The van der Waals surface area contributed by atoms with Crippen LogP contribution in [0.4, 0.5) is 8.78 Å². The first-order chi connectivity index (χ1) is 8.91. The maximum atomic E-state index is 12.8. The summed E-state index contributed by atoms with van der Waals surface area (Å²) in [5.74, 6) is 0. The Morgan fingerprint density at radius 1 is 1.30 bits per heavy atom. The van der Waals surface area contributed by atoms with Crippen molar-refractivity contribution in [3.63, 3.8) is 0 Å². The predicted octanol–water partition coefficient (Wildman–Crippen LogP) is 2.15. The second-order valence-corrected chi connectivity index (χ2v) is 4.19. The van der Waals surface area contributed by atoms with Gasteiger partial charge in [0.15, 0.2) is 0 Å². The summed E-state index contributed by atoms with van der Waals surface area (Å²) in [4.78, 5) is 23.7. The molecular formula is C12H8ClF2N2O2W-. The van der Waals surface area contributed by atoms with E-state index in [2.05, 4.69) is 6.07 Å². The molecule has 1 aromatic heterocycles. The second kappa shape index (κ2) is 6.46. The van der Waals surface area contributed by atoms with E-state index >= 15 is 0 Å². The molecule has 2 rings (SSSR count). The van der Waals surface area contributed by atoms with Crippen LogP contribution in [0.5, 0.6) is 0 Å². The number of hydrogen-bond acceptors (Lipinski definition) is 2. The van der Waals surface area contributed by atoms with Crippen molar-refractivity contribution in [2.24, 2.45) is 0 Å². The van der Waals surface area contributed by atoms with E-state index in [0.717, 1.165) is 6.07 Å². The van der Waals surface area contributed by atoms with Gasteiger partial charge in [-0.2, -0.15) is 27.0 Å². The minimum atomic E-state index is -3.02. The summed E-state index contributed by atoms with van der Waals surface area (Å²) in [5.41, 5.74) is -1.75. The zero-order valence-electron chi connectivity index (χ0n) is 10.1. The van der Waals surface area contributed by atoms with E-state index in [4.69, 9.17) is 11.6 Å². The van der Waals surface area contributed by atoms with Crippen LogP contribution >= 0.6 is 11.6 Å². The third-order valence-corrected chi connectivity index (χ3v) is 2.78. The zero-order valence-corrected chi connectivity index (χ0v) is 13.8. The minimum Gasteiger partial charge on any atom is -0.284 e. The van der Waals surface area contributed by atoms with Gasteiger partial charge in [0.05, 0.1) is 0 Å². The molecule has 1 heterocycles. The summed E-state index contributed by atoms with van der Waals surface area (Å²) in [6, 6.07) is 7.64. The number of aromatic nitrogens is 2. The van der Waals surface area contributed by atoms with Crippen molar-refractivity contribution in [2.45, 2.75) is 13.5 Å². The molecule has 0 aliphatic heterocycles. The molecule has 0 aliphatic rings. The fourth-order valence-electron chi connectivity index (χ4n) is 1.68. The fraction of sp³-hybridized carbons (Fsp3) is 0.167. The summed E-state index contributed by atoms with van der Waals surface area (Å²) < 4.78 is 26.5. The number of aryl methyl sites for hydroxylation is 1. The van der Waals surface area contributed by atoms with E-state index in [1.807, 2.05) is 0 Å². The molecule has 1 aromatic carbocycles. The summed E-state index contributed by atoms with van der Waals surface area (Å²) in [7, 11) is 0. The van der Waals surface area contributed by atoms with Crippen molar-refractivity contribution >= 4 is 11.6 Å². The number of rotatable bonds is 2. The average molecular weight is 469 g/mol. The summed E-state index contributed by atoms with van der Waals surface area (Å²) in [6.07, 6.45) is 0. The molecule has 0 atom stereocenters. The molecule has 20 heavy (non-hydrogen) atoms. The normalized spacial score (nSPS) is 10.4. The molecule has 0 fully saturated rings. The molecule has 4 nitrogen and oxygen atoms in total. The zero-order chi connectivity index (χ0) is 14.2. The standard InChI is InChI=1S/C12H8ClF2N2O2.W/c1-7-6-10(18)17(12(19)16(7)11(14)15)9-4-2-8(13)3-5-9;/h2,4-6,11H,1H3;/q-1;. The van der Waals surface area contributed by atoms with Crippen LogP contribution in [0, 0.1) is 13.0 Å². The van der Waals surface area contributed by atoms with E-state index in [1.165, 1.54) is 25.1 Å². The third-order valence-electron chi connectivity index (χ3n) is 2.54. The van der Waals surface area contributed by atoms with Crippen molar-refractivity contribution in [3.8, 4) is 5.69 Å². The van der Waals surface area contributed by atoms with Crippen LogP contribution in [-0.4, -0.2) is 9.13 Å². The molecular weight excluding hydrogens is 461 g/mol. The number of benzene rings is 1. The van der Waals surface area contributed by atoms with Gasteiger partial charge in [-0.1, -0.05) is 10.7 Å². The van der Waals surface area contributed by atoms with Gasteiger partial charge >= 0.3 is 12.2 Å². The Balaban J connectivity index is 0.00000200. The summed E-state index contributed by atoms with van der Waals surface area (Å²) in [6.45, 7) is -1.75. The van der Waals surface area contributed by atoms with Gasteiger partial charge in [0.25, 0.3) is 0 Å². The Morgan fingerprint density at radius 3 is 2.45 bits per heavy atom. The molecule has 0 amide bonds. The molecule has 0 saturated heterocycles. The largest absolute Gasteiger partial charge is 0.328 e. The van der Waals surface area contributed by atoms with Gasteiger partial charge in [-0.25, -0.2) is 9.36 Å². The van der Waals surface area contributed by atoms with Crippen LogP contribution in [0.15, 0.2) is 33.9 Å². The Kier molecular flexibility index (Phi) is 5.42. The van der Waals surface area contributed by atoms with Gasteiger partial charge in [0, 0.05) is 32.8 Å². The van der Waals surface area contributed by atoms with Gasteiger partial charge in [-0.15, -0.1) is 17.7 Å². The Bertz CT molecular complexity index is 726. The summed E-state index contributed by atoms with van der Waals surface area (Å²) in [5, 5.41) is 0.290. The maximum Gasteiger partial charge on any atom is 0.328 e. The molecule has 0 unspecified atom stereocenters. The fourth-order valence-corrected chi connectivity index (χ4v) is 1.80. The van der Waals surface area contributed by atoms with Gasteiger partial charge < -0.3 is 0 Å². The second-order valence-electron chi connectivity index (χ2n) is 3.78. The van der Waals surface area contributed by atoms with E-state index in [0.29, 0.717) is 4.57 Å². The third kappa shape index (κ3) is 3.07. The average Bonchev–Trinajstić information content (AvgIpc) is 2.30. The predicted molar refractivity (Wildman–Crippen MR) is 66.1 cm³/mol. The van der Waals surface area contributed by atoms with Crippen LogP contribution in [0.2, 0.25) is 5.02 Å². The number of halogens is 3. The van der Waals surface area contributed by atoms with Crippen molar-refractivity contribution in [1.29, 1.82) is 0 Å². The molecule has 2 aromatic rings. The number of nitrogens with zero attached hydrogens (tertiary/aromatic N) is 2. The molecule has 106 valence electrons. The topological polar surface area (TPSA) is 44.0 Å². The van der Waals surface area contributed by atoms with Crippen LogP contribution in [0.25, 0.3) is 5.69 Å². The van der Waals surface area contributed by atoms with Crippen LogP contribution < -0.4 is 11.2 Å². The van der Waals surface area contributed by atoms with Crippen molar-refractivity contribution < 1.29 is 29.8 Å². The summed E-state index contributed by atoms with van der Waals surface area (Å²) >= 11 is 5.64. The van der Waals surface area contributed by atoms with Crippen molar-refractivity contribution in [3.05, 3.63) is 61.9 Å². The Morgan fingerprint density at radius 2 is 1.95 bits per heavy atom. The molecule has 0 radical (unpaired) electrons. The molecule has 0 aliphatic carbocycles. The smallest absolute Gasteiger partial charge is 0.284 e. The van der Waals surface area contributed by atoms with Gasteiger partial charge in [-0.05, 0) is 6.92 Å². The van der Waals surface area contributed by atoms with Crippen LogP contribution in [-0.2, 0) is 21.1 Å². The molecule has 0 spiro atoms. The minimum absolute atomic E-state index is 0. The van der Waals surface area contributed by atoms with E-state index < -0.39 is 17.8 Å². The first kappa shape index (κ1) is 16.8. The van der Waals surface area contributed by atoms with Crippen LogP contribution in [0.3, 0.4) is 0 Å². The molecule has 0 saturated carbocycles. The van der Waals surface area contributed by atoms with E-state index in [-0.39, 0.29) is 42.0 Å². The Hall–Kier alpha value is -1.26. The molecule has 0 bridgehead atoms. The Labute approximate surface area is 131 Å². The quantitative estimate of drug-likeness (QED) is 0.633. The number of hydrogen-bond donors (Lipinski definition) is 0. The van der Waals surface area contributed by atoms with Crippen molar-refractivity contribution in [1.82, 2.24) is 9.13 Å². The first-order valence-electron chi connectivity index (χ1n) is 5.23. The van der Waals surface area contributed by atoms with Gasteiger partial charge in [0.1, 0.15) is 0 Å². The molecule has 8 heteroatoms. The maximum absolute atomic E-state index is 12.8. The molecule has 0 N–H and O–H groups in total. The SMILES string of the molecule is Cc1cc(=O)n(-c2c[c-]c(Cl)cc2)c(=O)n1C(F)F.[W].